The van der Waals surface area contributed by atoms with Crippen LogP contribution in [0.5, 0.6) is 0 Å². The largest absolute Gasteiger partial charge is 0.481 e. The van der Waals surface area contributed by atoms with Crippen molar-refractivity contribution in [2.45, 2.75) is 26.3 Å². The van der Waals surface area contributed by atoms with Crippen molar-refractivity contribution in [1.82, 2.24) is 9.55 Å². The summed E-state index contributed by atoms with van der Waals surface area (Å²) in [7, 11) is 0. The minimum absolute atomic E-state index is 0.0137. The first kappa shape index (κ1) is 12.4. The van der Waals surface area contributed by atoms with Gasteiger partial charge in [-0.15, -0.1) is 0 Å². The number of nitrogens with zero attached hydrogens (tertiary/aromatic N) is 2. The van der Waals surface area contributed by atoms with E-state index in [2.05, 4.69) is 4.98 Å². The van der Waals surface area contributed by atoms with Gasteiger partial charge in [-0.05, 0) is 5.56 Å². The predicted octanol–water partition coefficient (Wildman–Crippen LogP) is 2.12. The lowest BCUT2D eigenvalue weighted by Gasteiger charge is -2.10. The highest BCUT2D eigenvalue weighted by Gasteiger charge is 2.11. The van der Waals surface area contributed by atoms with Gasteiger partial charge in [-0.1, -0.05) is 37.3 Å². The summed E-state index contributed by atoms with van der Waals surface area (Å²) < 4.78 is 1.99. The lowest BCUT2D eigenvalue weighted by Crippen LogP contribution is -2.11. The van der Waals surface area contributed by atoms with Crippen LogP contribution >= 0.6 is 0 Å². The number of aryl methyl sites for hydroxylation is 1. The molecule has 0 saturated carbocycles. The third-order valence-electron chi connectivity index (χ3n) is 2.85. The molecule has 18 heavy (non-hydrogen) atoms. The molecule has 0 radical (unpaired) electrons. The number of rotatable bonds is 5. The van der Waals surface area contributed by atoms with Crippen LogP contribution in [0.4, 0.5) is 0 Å². The quantitative estimate of drug-likeness (QED) is 0.876. The molecule has 0 fully saturated rings. The van der Waals surface area contributed by atoms with Gasteiger partial charge in [0.15, 0.2) is 0 Å². The molecule has 0 amide bonds. The second-order valence-corrected chi connectivity index (χ2v) is 4.16. The van der Waals surface area contributed by atoms with E-state index in [9.17, 15) is 4.79 Å². The average Bonchev–Trinajstić information content (AvgIpc) is 2.72. The third kappa shape index (κ3) is 2.77. The Balaban J connectivity index is 2.29. The van der Waals surface area contributed by atoms with Gasteiger partial charge in [-0.25, -0.2) is 4.98 Å². The van der Waals surface area contributed by atoms with E-state index in [1.807, 2.05) is 41.8 Å². The van der Waals surface area contributed by atoms with Crippen molar-refractivity contribution in [3.63, 3.8) is 0 Å². The van der Waals surface area contributed by atoms with Gasteiger partial charge in [0.1, 0.15) is 5.82 Å². The van der Waals surface area contributed by atoms with E-state index in [-0.39, 0.29) is 6.42 Å². The zero-order valence-electron chi connectivity index (χ0n) is 10.3. The monoisotopic (exact) mass is 244 g/mol. The van der Waals surface area contributed by atoms with Crippen LogP contribution in [0.3, 0.4) is 0 Å². The van der Waals surface area contributed by atoms with Crippen molar-refractivity contribution in [3.8, 4) is 0 Å². The minimum atomic E-state index is -0.827. The number of carbonyl (C=O) groups is 1. The normalized spacial score (nSPS) is 10.5. The van der Waals surface area contributed by atoms with Gasteiger partial charge < -0.3 is 9.67 Å². The lowest BCUT2D eigenvalue weighted by molar-refractivity contribution is -0.136. The fraction of sp³-hybridized carbons (Fsp3) is 0.286. The van der Waals surface area contributed by atoms with Crippen molar-refractivity contribution in [2.75, 3.05) is 0 Å². The number of hydrogen-bond acceptors (Lipinski definition) is 2. The second-order valence-electron chi connectivity index (χ2n) is 4.16. The molecule has 4 nitrogen and oxygen atoms in total. The molecule has 0 bridgehead atoms. The van der Waals surface area contributed by atoms with Crippen LogP contribution in [0.25, 0.3) is 0 Å². The Bertz CT molecular complexity index is 532. The molecule has 4 heteroatoms. The maximum absolute atomic E-state index is 10.8. The maximum atomic E-state index is 10.8. The standard InChI is InChI=1S/C14H16N2O2/c1-2-13-15-9-12(8-14(17)18)16(13)10-11-6-4-3-5-7-11/h3-7,9H,2,8,10H2,1H3,(H,17,18). The predicted molar refractivity (Wildman–Crippen MR) is 68.5 cm³/mol. The molecule has 0 atom stereocenters. The molecule has 1 aromatic heterocycles. The first-order valence-corrected chi connectivity index (χ1v) is 5.99. The molecule has 2 rings (SSSR count). The molecule has 94 valence electrons. The summed E-state index contributed by atoms with van der Waals surface area (Å²) in [5.74, 6) is 0.0990. The van der Waals surface area contributed by atoms with Gasteiger partial charge in [0, 0.05) is 24.9 Å². The molecule has 0 aliphatic rings. The van der Waals surface area contributed by atoms with Gasteiger partial charge in [-0.3, -0.25) is 4.79 Å². The number of imidazole rings is 1. The number of benzene rings is 1. The van der Waals surface area contributed by atoms with Crippen LogP contribution < -0.4 is 0 Å². The first-order valence-electron chi connectivity index (χ1n) is 5.99. The molecule has 1 heterocycles. The van der Waals surface area contributed by atoms with E-state index in [1.165, 1.54) is 0 Å². The van der Waals surface area contributed by atoms with Crippen molar-refractivity contribution in [2.24, 2.45) is 0 Å². The SMILES string of the molecule is CCc1ncc(CC(=O)O)n1Cc1ccccc1. The van der Waals surface area contributed by atoms with Gasteiger partial charge in [0.05, 0.1) is 6.42 Å². The Kier molecular flexibility index (Phi) is 3.77. The molecule has 0 spiro atoms. The smallest absolute Gasteiger partial charge is 0.309 e. The number of aromatic nitrogens is 2. The lowest BCUT2D eigenvalue weighted by atomic mass is 10.2. The molecule has 1 N–H and O–H groups in total. The highest BCUT2D eigenvalue weighted by molar-refractivity contribution is 5.69. The van der Waals surface area contributed by atoms with E-state index in [0.717, 1.165) is 23.5 Å². The third-order valence-corrected chi connectivity index (χ3v) is 2.85. The van der Waals surface area contributed by atoms with E-state index in [1.54, 1.807) is 6.20 Å². The minimum Gasteiger partial charge on any atom is -0.481 e. The summed E-state index contributed by atoms with van der Waals surface area (Å²) in [5, 5.41) is 8.90. The Morgan fingerprint density at radius 2 is 2.06 bits per heavy atom. The fourth-order valence-electron chi connectivity index (χ4n) is 1.99. The molecule has 0 aliphatic carbocycles. The number of carboxylic acid groups (broad SMARTS) is 1. The van der Waals surface area contributed by atoms with Crippen LogP contribution in [0.15, 0.2) is 36.5 Å². The highest BCUT2D eigenvalue weighted by atomic mass is 16.4. The average molecular weight is 244 g/mol. The number of aliphatic carboxylic acids is 1. The molecular weight excluding hydrogens is 228 g/mol. The zero-order chi connectivity index (χ0) is 13.0. The van der Waals surface area contributed by atoms with Crippen LogP contribution in [0.2, 0.25) is 0 Å². The van der Waals surface area contributed by atoms with Gasteiger partial charge in [-0.2, -0.15) is 0 Å². The van der Waals surface area contributed by atoms with Gasteiger partial charge in [0.25, 0.3) is 0 Å². The topological polar surface area (TPSA) is 55.1 Å². The van der Waals surface area contributed by atoms with Crippen LogP contribution in [-0.2, 0) is 24.2 Å². The Morgan fingerprint density at radius 3 is 2.67 bits per heavy atom. The Morgan fingerprint density at radius 1 is 1.33 bits per heavy atom. The maximum Gasteiger partial charge on any atom is 0.309 e. The van der Waals surface area contributed by atoms with E-state index < -0.39 is 5.97 Å². The molecule has 0 aliphatic heterocycles. The Labute approximate surface area is 106 Å². The second kappa shape index (κ2) is 5.49. The number of carboxylic acids is 1. The van der Waals surface area contributed by atoms with Crippen molar-refractivity contribution in [3.05, 3.63) is 53.6 Å². The zero-order valence-corrected chi connectivity index (χ0v) is 10.3. The summed E-state index contributed by atoms with van der Waals surface area (Å²) in [6.45, 7) is 2.70. The van der Waals surface area contributed by atoms with Crippen molar-refractivity contribution >= 4 is 5.97 Å². The van der Waals surface area contributed by atoms with E-state index in [0.29, 0.717) is 6.54 Å². The highest BCUT2D eigenvalue weighted by Crippen LogP contribution is 2.11. The van der Waals surface area contributed by atoms with Crippen molar-refractivity contribution < 1.29 is 9.90 Å². The molecular formula is C14H16N2O2. The first-order chi connectivity index (χ1) is 8.70. The molecule has 1 aromatic carbocycles. The fourth-order valence-corrected chi connectivity index (χ4v) is 1.99. The summed E-state index contributed by atoms with van der Waals surface area (Å²) in [6.07, 6.45) is 2.47. The van der Waals surface area contributed by atoms with Crippen LogP contribution in [0, 0.1) is 0 Å². The summed E-state index contributed by atoms with van der Waals surface area (Å²) in [4.78, 5) is 15.1. The van der Waals surface area contributed by atoms with Crippen LogP contribution in [-0.4, -0.2) is 20.6 Å². The molecule has 0 saturated heterocycles. The van der Waals surface area contributed by atoms with E-state index >= 15 is 0 Å². The summed E-state index contributed by atoms with van der Waals surface area (Å²) in [6, 6.07) is 9.99. The van der Waals surface area contributed by atoms with Crippen LogP contribution in [0.1, 0.15) is 24.0 Å². The summed E-state index contributed by atoms with van der Waals surface area (Å²) >= 11 is 0. The van der Waals surface area contributed by atoms with Gasteiger partial charge in [0.2, 0.25) is 0 Å². The Hall–Kier alpha value is -2.10. The van der Waals surface area contributed by atoms with E-state index in [4.69, 9.17) is 5.11 Å². The molecule has 0 unspecified atom stereocenters. The van der Waals surface area contributed by atoms with Crippen molar-refractivity contribution in [1.29, 1.82) is 0 Å². The summed E-state index contributed by atoms with van der Waals surface area (Å²) in [5.41, 5.74) is 1.90. The number of hydrogen-bond donors (Lipinski definition) is 1. The van der Waals surface area contributed by atoms with Gasteiger partial charge >= 0.3 is 5.97 Å². The molecule has 2 aromatic rings.